The Kier molecular flexibility index (Phi) is 5.98. The van der Waals surface area contributed by atoms with E-state index in [0.29, 0.717) is 0 Å². The van der Waals surface area contributed by atoms with Gasteiger partial charge in [-0.1, -0.05) is 0 Å². The molecule has 0 aromatic heterocycles. The SMILES string of the molecule is CCOC(=O)C1=C(COC(=O)c2ccc(S(C)(=O)=O)cc2)NC(=O)NC1. The van der Waals surface area contributed by atoms with Crippen LogP contribution in [0.15, 0.2) is 40.4 Å². The quantitative estimate of drug-likeness (QED) is 0.681. The smallest absolute Gasteiger partial charge is 0.338 e. The first-order valence-electron chi connectivity index (χ1n) is 7.63. The lowest BCUT2D eigenvalue weighted by molar-refractivity contribution is -0.138. The number of nitrogens with one attached hydrogen (secondary N) is 2. The van der Waals surface area contributed by atoms with Crippen molar-refractivity contribution in [3.05, 3.63) is 41.1 Å². The van der Waals surface area contributed by atoms with Crippen LogP contribution in [0.25, 0.3) is 0 Å². The van der Waals surface area contributed by atoms with Crippen LogP contribution < -0.4 is 10.6 Å². The van der Waals surface area contributed by atoms with Crippen molar-refractivity contribution in [2.45, 2.75) is 11.8 Å². The molecule has 0 saturated heterocycles. The second kappa shape index (κ2) is 8.00. The van der Waals surface area contributed by atoms with Gasteiger partial charge < -0.3 is 20.1 Å². The zero-order valence-electron chi connectivity index (χ0n) is 14.2. The zero-order chi connectivity index (χ0) is 19.3. The summed E-state index contributed by atoms with van der Waals surface area (Å²) in [6.45, 7) is 1.43. The van der Waals surface area contributed by atoms with Crippen molar-refractivity contribution in [3.63, 3.8) is 0 Å². The third-order valence-electron chi connectivity index (χ3n) is 3.44. The van der Waals surface area contributed by atoms with Gasteiger partial charge in [0.25, 0.3) is 0 Å². The third-order valence-corrected chi connectivity index (χ3v) is 4.57. The number of benzene rings is 1. The van der Waals surface area contributed by atoms with E-state index in [4.69, 9.17) is 9.47 Å². The summed E-state index contributed by atoms with van der Waals surface area (Å²) in [5, 5.41) is 4.85. The monoisotopic (exact) mass is 382 g/mol. The lowest BCUT2D eigenvalue weighted by Gasteiger charge is -2.21. The molecule has 0 atom stereocenters. The predicted molar refractivity (Wildman–Crippen MR) is 90.0 cm³/mol. The van der Waals surface area contributed by atoms with Gasteiger partial charge in [-0.3, -0.25) is 0 Å². The molecule has 0 bridgehead atoms. The first kappa shape index (κ1) is 19.4. The maximum atomic E-state index is 12.1. The number of hydrogen-bond acceptors (Lipinski definition) is 7. The molecule has 0 fully saturated rings. The molecule has 0 spiro atoms. The average molecular weight is 382 g/mol. The van der Waals surface area contributed by atoms with Crippen molar-refractivity contribution in [3.8, 4) is 0 Å². The summed E-state index contributed by atoms with van der Waals surface area (Å²) in [6.07, 6.45) is 1.06. The number of esters is 2. The number of rotatable bonds is 6. The molecule has 2 amide bonds. The van der Waals surface area contributed by atoms with E-state index in [2.05, 4.69) is 10.6 Å². The summed E-state index contributed by atoms with van der Waals surface area (Å²) < 4.78 is 32.8. The Morgan fingerprint density at radius 3 is 2.35 bits per heavy atom. The minimum absolute atomic E-state index is 0.0411. The Morgan fingerprint density at radius 1 is 1.12 bits per heavy atom. The van der Waals surface area contributed by atoms with Crippen LogP contribution in [0.1, 0.15) is 17.3 Å². The maximum absolute atomic E-state index is 12.1. The first-order chi connectivity index (χ1) is 12.2. The highest BCUT2D eigenvalue weighted by atomic mass is 32.2. The van der Waals surface area contributed by atoms with E-state index in [-0.39, 0.29) is 41.5 Å². The summed E-state index contributed by atoms with van der Waals surface area (Å²) in [7, 11) is -3.37. The second-order valence-electron chi connectivity index (χ2n) is 5.36. The van der Waals surface area contributed by atoms with Crippen molar-refractivity contribution < 1.29 is 32.3 Å². The number of hydrogen-bond donors (Lipinski definition) is 2. The van der Waals surface area contributed by atoms with Gasteiger partial charge in [0.1, 0.15) is 6.61 Å². The van der Waals surface area contributed by atoms with E-state index >= 15 is 0 Å². The molecule has 140 valence electrons. The summed E-state index contributed by atoms with van der Waals surface area (Å²) in [5.41, 5.74) is 0.427. The predicted octanol–water partition coefficient (Wildman–Crippen LogP) is 0.377. The summed E-state index contributed by atoms with van der Waals surface area (Å²) >= 11 is 0. The van der Waals surface area contributed by atoms with E-state index in [1.54, 1.807) is 6.92 Å². The van der Waals surface area contributed by atoms with Crippen molar-refractivity contribution >= 4 is 27.8 Å². The lowest BCUT2D eigenvalue weighted by atomic mass is 10.1. The number of carbonyl (C=O) groups is 3. The highest BCUT2D eigenvalue weighted by Gasteiger charge is 2.24. The van der Waals surface area contributed by atoms with Crippen LogP contribution in [0.3, 0.4) is 0 Å². The molecule has 26 heavy (non-hydrogen) atoms. The molecule has 1 aromatic rings. The molecule has 2 rings (SSSR count). The molecule has 0 radical (unpaired) electrons. The number of amides is 2. The van der Waals surface area contributed by atoms with E-state index in [0.717, 1.165) is 6.26 Å². The van der Waals surface area contributed by atoms with Crippen molar-refractivity contribution in [2.24, 2.45) is 0 Å². The van der Waals surface area contributed by atoms with Crippen LogP contribution >= 0.6 is 0 Å². The maximum Gasteiger partial charge on any atom is 0.338 e. The molecular weight excluding hydrogens is 364 g/mol. The van der Waals surface area contributed by atoms with Crippen molar-refractivity contribution in [1.29, 1.82) is 0 Å². The fraction of sp³-hybridized carbons (Fsp3) is 0.312. The van der Waals surface area contributed by atoms with Gasteiger partial charge in [0.15, 0.2) is 9.84 Å². The molecule has 1 aromatic carbocycles. The summed E-state index contributed by atoms with van der Waals surface area (Å²) in [6, 6.07) is 4.70. The van der Waals surface area contributed by atoms with Gasteiger partial charge in [-0.05, 0) is 31.2 Å². The highest BCUT2D eigenvalue weighted by Crippen LogP contribution is 2.13. The van der Waals surface area contributed by atoms with Gasteiger partial charge in [-0.15, -0.1) is 0 Å². The fourth-order valence-corrected chi connectivity index (χ4v) is 2.76. The zero-order valence-corrected chi connectivity index (χ0v) is 15.0. The van der Waals surface area contributed by atoms with E-state index in [9.17, 15) is 22.8 Å². The molecule has 0 saturated carbocycles. The van der Waals surface area contributed by atoms with Crippen LogP contribution in [0, 0.1) is 0 Å². The number of sulfone groups is 1. The molecule has 1 aliphatic heterocycles. The van der Waals surface area contributed by atoms with Gasteiger partial charge in [-0.25, -0.2) is 22.8 Å². The Balaban J connectivity index is 2.10. The van der Waals surface area contributed by atoms with Gasteiger partial charge in [0.2, 0.25) is 0 Å². The Labute approximate surface area is 150 Å². The lowest BCUT2D eigenvalue weighted by Crippen LogP contribution is -2.45. The number of ether oxygens (including phenoxy) is 2. The van der Waals surface area contributed by atoms with Gasteiger partial charge in [-0.2, -0.15) is 0 Å². The highest BCUT2D eigenvalue weighted by molar-refractivity contribution is 7.90. The van der Waals surface area contributed by atoms with Crippen LogP contribution in [-0.2, 0) is 24.1 Å². The Morgan fingerprint density at radius 2 is 1.77 bits per heavy atom. The third kappa shape index (κ3) is 4.82. The molecule has 1 aliphatic rings. The van der Waals surface area contributed by atoms with Crippen LogP contribution in [0.2, 0.25) is 0 Å². The van der Waals surface area contributed by atoms with E-state index in [1.807, 2.05) is 0 Å². The van der Waals surface area contributed by atoms with Gasteiger partial charge in [0.05, 0.1) is 34.9 Å². The van der Waals surface area contributed by atoms with Crippen LogP contribution in [-0.4, -0.2) is 52.4 Å². The average Bonchev–Trinajstić information content (AvgIpc) is 2.59. The second-order valence-corrected chi connectivity index (χ2v) is 7.37. The first-order valence-corrected chi connectivity index (χ1v) is 9.52. The molecule has 1 heterocycles. The normalized spacial score (nSPS) is 14.3. The summed E-state index contributed by atoms with van der Waals surface area (Å²) in [4.78, 5) is 35.5. The molecule has 10 heteroatoms. The Hall–Kier alpha value is -2.88. The standard InChI is InChI=1S/C16H18N2O7S/c1-3-24-15(20)12-8-17-16(21)18-13(12)9-25-14(19)10-4-6-11(7-5-10)26(2,22)23/h4-7H,3,8-9H2,1-2H3,(H2,17,18,21). The van der Waals surface area contributed by atoms with Gasteiger partial charge in [0, 0.05) is 6.26 Å². The minimum atomic E-state index is -3.37. The van der Waals surface area contributed by atoms with Gasteiger partial charge >= 0.3 is 18.0 Å². The van der Waals surface area contributed by atoms with Crippen molar-refractivity contribution in [2.75, 3.05) is 26.0 Å². The molecule has 2 N–H and O–H groups in total. The van der Waals surface area contributed by atoms with E-state index in [1.165, 1.54) is 24.3 Å². The van der Waals surface area contributed by atoms with Crippen LogP contribution in [0.4, 0.5) is 4.79 Å². The number of urea groups is 1. The molecule has 0 aliphatic carbocycles. The minimum Gasteiger partial charge on any atom is -0.463 e. The summed E-state index contributed by atoms with van der Waals surface area (Å²) in [5.74, 6) is -1.35. The topological polar surface area (TPSA) is 128 Å². The molecular formula is C16H18N2O7S. The van der Waals surface area contributed by atoms with Crippen LogP contribution in [0.5, 0.6) is 0 Å². The Bertz CT molecular complexity index is 857. The molecule has 9 nitrogen and oxygen atoms in total. The van der Waals surface area contributed by atoms with E-state index < -0.39 is 27.8 Å². The molecule has 0 unspecified atom stereocenters. The van der Waals surface area contributed by atoms with Crippen molar-refractivity contribution in [1.82, 2.24) is 10.6 Å². The largest absolute Gasteiger partial charge is 0.463 e. The fourth-order valence-electron chi connectivity index (χ4n) is 2.13. The number of carbonyl (C=O) groups excluding carboxylic acids is 3.